The smallest absolute Gasteiger partial charge is 0.124 e. The Bertz CT molecular complexity index is 546. The minimum atomic E-state index is 0.628. The Morgan fingerprint density at radius 1 is 1.28 bits per heavy atom. The molecule has 0 saturated heterocycles. The number of rotatable bonds is 4. The van der Waals surface area contributed by atoms with Crippen LogP contribution in [0.2, 0.25) is 0 Å². The molecule has 0 aliphatic carbocycles. The molecule has 1 aromatic heterocycles. The molecule has 1 aromatic carbocycles. The highest BCUT2D eigenvalue weighted by Gasteiger charge is 2.04. The van der Waals surface area contributed by atoms with E-state index in [1.165, 1.54) is 0 Å². The molecular formula is C14H19N3O. The van der Waals surface area contributed by atoms with Gasteiger partial charge in [-0.05, 0) is 31.0 Å². The van der Waals surface area contributed by atoms with E-state index in [-0.39, 0.29) is 0 Å². The van der Waals surface area contributed by atoms with Gasteiger partial charge in [0.2, 0.25) is 0 Å². The van der Waals surface area contributed by atoms with Gasteiger partial charge in [-0.15, -0.1) is 0 Å². The number of benzene rings is 1. The van der Waals surface area contributed by atoms with Crippen LogP contribution in [0.25, 0.3) is 0 Å². The molecule has 0 unspecified atom stereocenters. The Morgan fingerprint density at radius 2 is 2.06 bits per heavy atom. The van der Waals surface area contributed by atoms with E-state index in [1.54, 1.807) is 6.20 Å². The second-order valence-corrected chi connectivity index (χ2v) is 4.52. The van der Waals surface area contributed by atoms with Gasteiger partial charge < -0.3 is 10.5 Å². The van der Waals surface area contributed by atoms with Crippen LogP contribution in [0.5, 0.6) is 5.75 Å². The summed E-state index contributed by atoms with van der Waals surface area (Å²) in [6.45, 7) is 4.66. The SMILES string of the molecule is Cc1cc(C)c(OCCc2ccnn2C)cc1N. The number of anilines is 1. The van der Waals surface area contributed by atoms with Gasteiger partial charge in [0.05, 0.1) is 6.61 Å². The predicted octanol–water partition coefficient (Wildman–Crippen LogP) is 2.24. The number of hydrogen-bond acceptors (Lipinski definition) is 3. The highest BCUT2D eigenvalue weighted by atomic mass is 16.5. The first kappa shape index (κ1) is 12.5. The third kappa shape index (κ3) is 2.64. The van der Waals surface area contributed by atoms with Crippen LogP contribution in [0.3, 0.4) is 0 Å². The summed E-state index contributed by atoms with van der Waals surface area (Å²) in [4.78, 5) is 0. The topological polar surface area (TPSA) is 53.1 Å². The van der Waals surface area contributed by atoms with Crippen molar-refractivity contribution in [3.8, 4) is 5.75 Å². The first-order valence-corrected chi connectivity index (χ1v) is 6.04. The summed E-state index contributed by atoms with van der Waals surface area (Å²) in [5.41, 5.74) is 10.0. The summed E-state index contributed by atoms with van der Waals surface area (Å²) in [6, 6.07) is 5.95. The van der Waals surface area contributed by atoms with Crippen LogP contribution in [0.15, 0.2) is 24.4 Å². The van der Waals surface area contributed by atoms with Gasteiger partial charge in [-0.1, -0.05) is 6.07 Å². The molecule has 0 bridgehead atoms. The number of hydrogen-bond donors (Lipinski definition) is 1. The predicted molar refractivity (Wildman–Crippen MR) is 72.7 cm³/mol. The van der Waals surface area contributed by atoms with E-state index in [4.69, 9.17) is 10.5 Å². The van der Waals surface area contributed by atoms with Crippen LogP contribution in [-0.2, 0) is 13.5 Å². The van der Waals surface area contributed by atoms with Crippen molar-refractivity contribution in [1.29, 1.82) is 0 Å². The third-order valence-electron chi connectivity index (χ3n) is 3.10. The molecule has 96 valence electrons. The second kappa shape index (κ2) is 5.12. The molecule has 0 fully saturated rings. The van der Waals surface area contributed by atoms with E-state index >= 15 is 0 Å². The minimum absolute atomic E-state index is 0.628. The number of ether oxygens (including phenoxy) is 1. The Kier molecular flexibility index (Phi) is 3.55. The molecule has 0 atom stereocenters. The van der Waals surface area contributed by atoms with Gasteiger partial charge >= 0.3 is 0 Å². The quantitative estimate of drug-likeness (QED) is 0.840. The van der Waals surface area contributed by atoms with Gasteiger partial charge in [0.25, 0.3) is 0 Å². The van der Waals surface area contributed by atoms with Crippen molar-refractivity contribution in [3.05, 3.63) is 41.2 Å². The fraction of sp³-hybridized carbons (Fsp3) is 0.357. The molecule has 2 rings (SSSR count). The van der Waals surface area contributed by atoms with Crippen molar-refractivity contribution in [3.63, 3.8) is 0 Å². The molecule has 0 radical (unpaired) electrons. The summed E-state index contributed by atoms with van der Waals surface area (Å²) in [6.07, 6.45) is 2.63. The van der Waals surface area contributed by atoms with Gasteiger partial charge in [0.1, 0.15) is 5.75 Å². The largest absolute Gasteiger partial charge is 0.493 e. The zero-order valence-electron chi connectivity index (χ0n) is 11.1. The molecule has 4 heteroatoms. The van der Waals surface area contributed by atoms with E-state index in [1.807, 2.05) is 37.7 Å². The van der Waals surface area contributed by atoms with Crippen LogP contribution in [-0.4, -0.2) is 16.4 Å². The third-order valence-corrected chi connectivity index (χ3v) is 3.10. The maximum Gasteiger partial charge on any atom is 0.124 e. The molecule has 0 aliphatic heterocycles. The molecule has 2 N–H and O–H groups in total. The zero-order valence-corrected chi connectivity index (χ0v) is 11.1. The lowest BCUT2D eigenvalue weighted by molar-refractivity contribution is 0.316. The summed E-state index contributed by atoms with van der Waals surface area (Å²) in [5, 5.41) is 4.13. The molecule has 0 amide bonds. The summed E-state index contributed by atoms with van der Waals surface area (Å²) in [7, 11) is 1.93. The van der Waals surface area contributed by atoms with Crippen molar-refractivity contribution in [2.24, 2.45) is 7.05 Å². The number of aryl methyl sites for hydroxylation is 3. The Labute approximate surface area is 107 Å². The lowest BCUT2D eigenvalue weighted by Crippen LogP contribution is -2.07. The molecule has 4 nitrogen and oxygen atoms in total. The summed E-state index contributed by atoms with van der Waals surface area (Å²) < 4.78 is 7.64. The monoisotopic (exact) mass is 245 g/mol. The lowest BCUT2D eigenvalue weighted by Gasteiger charge is -2.11. The molecule has 18 heavy (non-hydrogen) atoms. The van der Waals surface area contributed by atoms with Crippen molar-refractivity contribution in [1.82, 2.24) is 9.78 Å². The normalized spacial score (nSPS) is 10.6. The van der Waals surface area contributed by atoms with E-state index in [9.17, 15) is 0 Å². The highest BCUT2D eigenvalue weighted by molar-refractivity contribution is 5.54. The Balaban J connectivity index is 1.99. The fourth-order valence-corrected chi connectivity index (χ4v) is 1.92. The number of nitrogens with zero attached hydrogens (tertiary/aromatic N) is 2. The van der Waals surface area contributed by atoms with Crippen LogP contribution >= 0.6 is 0 Å². The number of nitrogen functional groups attached to an aromatic ring is 1. The molecule has 1 heterocycles. The van der Waals surface area contributed by atoms with Crippen LogP contribution in [0, 0.1) is 13.8 Å². The molecular weight excluding hydrogens is 226 g/mol. The second-order valence-electron chi connectivity index (χ2n) is 4.52. The molecule has 0 spiro atoms. The van der Waals surface area contributed by atoms with Gasteiger partial charge in [-0.2, -0.15) is 5.10 Å². The van der Waals surface area contributed by atoms with Gasteiger partial charge in [0, 0.05) is 37.1 Å². The number of aromatic nitrogens is 2. The molecule has 0 aliphatic rings. The van der Waals surface area contributed by atoms with Gasteiger partial charge in [-0.25, -0.2) is 0 Å². The van der Waals surface area contributed by atoms with Crippen molar-refractivity contribution >= 4 is 5.69 Å². The standard InChI is InChI=1S/C14H19N3O/c1-10-8-11(2)14(9-13(10)15)18-7-5-12-4-6-16-17(12)3/h4,6,8-9H,5,7,15H2,1-3H3. The van der Waals surface area contributed by atoms with E-state index in [2.05, 4.69) is 11.2 Å². The summed E-state index contributed by atoms with van der Waals surface area (Å²) in [5.74, 6) is 0.861. The number of nitrogens with two attached hydrogens (primary N) is 1. The zero-order chi connectivity index (χ0) is 13.1. The summed E-state index contributed by atoms with van der Waals surface area (Å²) >= 11 is 0. The molecule has 0 saturated carbocycles. The average molecular weight is 245 g/mol. The maximum atomic E-state index is 5.89. The minimum Gasteiger partial charge on any atom is -0.493 e. The van der Waals surface area contributed by atoms with E-state index < -0.39 is 0 Å². The van der Waals surface area contributed by atoms with Gasteiger partial charge in [-0.3, -0.25) is 4.68 Å². The molecule has 2 aromatic rings. The Hall–Kier alpha value is -1.97. The van der Waals surface area contributed by atoms with Crippen LogP contribution in [0.4, 0.5) is 5.69 Å². The first-order valence-electron chi connectivity index (χ1n) is 6.04. The van der Waals surface area contributed by atoms with Crippen molar-refractivity contribution in [2.45, 2.75) is 20.3 Å². The Morgan fingerprint density at radius 3 is 2.72 bits per heavy atom. The lowest BCUT2D eigenvalue weighted by atomic mass is 10.1. The van der Waals surface area contributed by atoms with Crippen molar-refractivity contribution < 1.29 is 4.74 Å². The first-order chi connectivity index (χ1) is 8.58. The van der Waals surface area contributed by atoms with Crippen molar-refractivity contribution in [2.75, 3.05) is 12.3 Å². The van der Waals surface area contributed by atoms with Gasteiger partial charge in [0.15, 0.2) is 0 Å². The fourth-order valence-electron chi connectivity index (χ4n) is 1.92. The van der Waals surface area contributed by atoms with E-state index in [0.717, 1.165) is 34.7 Å². The van der Waals surface area contributed by atoms with Crippen LogP contribution in [0.1, 0.15) is 16.8 Å². The van der Waals surface area contributed by atoms with Crippen LogP contribution < -0.4 is 10.5 Å². The van der Waals surface area contributed by atoms with E-state index in [0.29, 0.717) is 6.61 Å². The highest BCUT2D eigenvalue weighted by Crippen LogP contribution is 2.24. The average Bonchev–Trinajstić information content (AvgIpc) is 2.72. The maximum absolute atomic E-state index is 5.89.